The van der Waals surface area contributed by atoms with Crippen molar-refractivity contribution in [2.24, 2.45) is 0 Å². The SMILES string of the molecule is COC(=O)/C(=C/c1ccc(F)c(OC)c1)c1ccc(OCC(O)CNCc2ccc(OC)cc2OC)cc1. The number of esters is 1. The quantitative estimate of drug-likeness (QED) is 0.196. The number of hydrogen-bond donors (Lipinski definition) is 2. The smallest absolute Gasteiger partial charge is 0.338 e. The van der Waals surface area contributed by atoms with E-state index in [4.69, 9.17) is 23.7 Å². The van der Waals surface area contributed by atoms with Crippen molar-refractivity contribution in [3.63, 3.8) is 0 Å². The molecule has 1 atom stereocenters. The highest BCUT2D eigenvalue weighted by Crippen LogP contribution is 2.26. The average molecular weight is 526 g/mol. The van der Waals surface area contributed by atoms with Crippen molar-refractivity contribution in [1.29, 1.82) is 0 Å². The van der Waals surface area contributed by atoms with Gasteiger partial charge >= 0.3 is 5.97 Å². The fraction of sp³-hybridized carbons (Fsp3) is 0.276. The Morgan fingerprint density at radius 1 is 0.921 bits per heavy atom. The number of nitrogens with one attached hydrogen (secondary N) is 1. The lowest BCUT2D eigenvalue weighted by molar-refractivity contribution is -0.133. The van der Waals surface area contributed by atoms with E-state index in [0.29, 0.717) is 41.5 Å². The van der Waals surface area contributed by atoms with Crippen LogP contribution >= 0.6 is 0 Å². The first-order chi connectivity index (χ1) is 18.4. The van der Waals surface area contributed by atoms with Crippen LogP contribution in [0.25, 0.3) is 11.6 Å². The van der Waals surface area contributed by atoms with Crippen molar-refractivity contribution in [3.8, 4) is 23.0 Å². The van der Waals surface area contributed by atoms with E-state index in [1.807, 2.05) is 12.1 Å². The zero-order chi connectivity index (χ0) is 27.5. The second kappa shape index (κ2) is 14.0. The van der Waals surface area contributed by atoms with Crippen LogP contribution in [-0.4, -0.2) is 58.8 Å². The molecule has 0 aliphatic heterocycles. The minimum Gasteiger partial charge on any atom is -0.497 e. The summed E-state index contributed by atoms with van der Waals surface area (Å²) in [6, 6.07) is 16.7. The number of benzene rings is 3. The molecule has 8 nitrogen and oxygen atoms in total. The molecule has 0 heterocycles. The molecular weight excluding hydrogens is 493 g/mol. The largest absolute Gasteiger partial charge is 0.497 e. The molecule has 1 unspecified atom stereocenters. The Kier molecular flexibility index (Phi) is 10.5. The van der Waals surface area contributed by atoms with Crippen molar-refractivity contribution < 1.29 is 38.0 Å². The number of rotatable bonds is 13. The lowest BCUT2D eigenvalue weighted by Crippen LogP contribution is -2.31. The molecule has 2 N–H and O–H groups in total. The van der Waals surface area contributed by atoms with Crippen LogP contribution in [0.15, 0.2) is 60.7 Å². The summed E-state index contributed by atoms with van der Waals surface area (Å²) in [5.74, 6) is 0.956. The minimum atomic E-state index is -0.752. The van der Waals surface area contributed by atoms with Gasteiger partial charge in [0, 0.05) is 24.7 Å². The molecule has 0 saturated heterocycles. The van der Waals surface area contributed by atoms with Crippen molar-refractivity contribution in [2.75, 3.05) is 41.6 Å². The summed E-state index contributed by atoms with van der Waals surface area (Å²) in [6.45, 7) is 0.881. The fourth-order valence-electron chi connectivity index (χ4n) is 3.66. The number of ether oxygens (including phenoxy) is 5. The second-order valence-corrected chi connectivity index (χ2v) is 8.24. The monoisotopic (exact) mass is 525 g/mol. The number of aliphatic hydroxyl groups excluding tert-OH is 1. The molecule has 3 rings (SSSR count). The van der Waals surface area contributed by atoms with Crippen LogP contribution in [0.5, 0.6) is 23.0 Å². The Balaban J connectivity index is 1.58. The van der Waals surface area contributed by atoms with Crippen molar-refractivity contribution >= 4 is 17.6 Å². The van der Waals surface area contributed by atoms with Gasteiger partial charge in [0.05, 0.1) is 34.0 Å². The molecular formula is C29H32FNO7. The first kappa shape index (κ1) is 28.5. The zero-order valence-corrected chi connectivity index (χ0v) is 21.8. The van der Waals surface area contributed by atoms with Crippen LogP contribution in [0, 0.1) is 5.82 Å². The average Bonchev–Trinajstić information content (AvgIpc) is 2.95. The third kappa shape index (κ3) is 7.71. The Labute approximate surface area is 221 Å². The van der Waals surface area contributed by atoms with E-state index in [-0.39, 0.29) is 17.9 Å². The van der Waals surface area contributed by atoms with Gasteiger partial charge in [0.25, 0.3) is 0 Å². The third-order valence-corrected chi connectivity index (χ3v) is 5.69. The number of carbonyl (C=O) groups is 1. The maximum absolute atomic E-state index is 13.7. The summed E-state index contributed by atoms with van der Waals surface area (Å²) < 4.78 is 40.0. The van der Waals surface area contributed by atoms with E-state index >= 15 is 0 Å². The van der Waals surface area contributed by atoms with E-state index in [1.165, 1.54) is 26.4 Å². The standard InChI is InChI=1S/C29H32FNO7/c1-34-24-11-8-21(27(15-24)35-2)16-31-17-22(32)18-38-23-9-6-20(7-10-23)25(29(33)37-4)13-19-5-12-26(30)28(14-19)36-3/h5-15,22,31-32H,16-18H2,1-4H3/b25-13+. The first-order valence-corrected chi connectivity index (χ1v) is 11.8. The molecule has 0 spiro atoms. The van der Waals surface area contributed by atoms with Crippen molar-refractivity contribution in [1.82, 2.24) is 5.32 Å². The van der Waals surface area contributed by atoms with Gasteiger partial charge < -0.3 is 34.1 Å². The van der Waals surface area contributed by atoms with Gasteiger partial charge in [-0.3, -0.25) is 0 Å². The third-order valence-electron chi connectivity index (χ3n) is 5.69. The van der Waals surface area contributed by atoms with Crippen molar-refractivity contribution in [3.05, 3.63) is 83.2 Å². The molecule has 3 aromatic rings. The summed E-state index contributed by atoms with van der Waals surface area (Å²) >= 11 is 0. The van der Waals surface area contributed by atoms with Gasteiger partial charge in [-0.2, -0.15) is 0 Å². The van der Waals surface area contributed by atoms with E-state index in [2.05, 4.69) is 5.32 Å². The van der Waals surface area contributed by atoms with Gasteiger partial charge in [-0.15, -0.1) is 0 Å². The Bertz CT molecular complexity index is 1240. The predicted molar refractivity (Wildman–Crippen MR) is 142 cm³/mol. The highest BCUT2D eigenvalue weighted by Gasteiger charge is 2.14. The zero-order valence-electron chi connectivity index (χ0n) is 21.8. The van der Waals surface area contributed by atoms with Crippen molar-refractivity contribution in [2.45, 2.75) is 12.6 Å². The maximum Gasteiger partial charge on any atom is 0.338 e. The van der Waals surface area contributed by atoms with E-state index in [0.717, 1.165) is 5.56 Å². The lowest BCUT2D eigenvalue weighted by Gasteiger charge is -2.15. The van der Waals surface area contributed by atoms with Crippen LogP contribution in [0.1, 0.15) is 16.7 Å². The van der Waals surface area contributed by atoms with Gasteiger partial charge in [0.1, 0.15) is 30.0 Å². The summed E-state index contributed by atoms with van der Waals surface area (Å²) in [6.07, 6.45) is 0.842. The van der Waals surface area contributed by atoms with Crippen LogP contribution in [0.3, 0.4) is 0 Å². The van der Waals surface area contributed by atoms with Gasteiger partial charge in [-0.25, -0.2) is 9.18 Å². The molecule has 0 fully saturated rings. The fourth-order valence-corrected chi connectivity index (χ4v) is 3.66. The molecule has 9 heteroatoms. The molecule has 0 aliphatic rings. The van der Waals surface area contributed by atoms with E-state index in [9.17, 15) is 14.3 Å². The summed E-state index contributed by atoms with van der Waals surface area (Å²) in [5, 5.41) is 13.5. The molecule has 0 bridgehead atoms. The molecule has 0 aromatic heterocycles. The maximum atomic E-state index is 13.7. The molecule has 3 aromatic carbocycles. The lowest BCUT2D eigenvalue weighted by atomic mass is 10.0. The Hall–Kier alpha value is -4.08. The number of aliphatic hydroxyl groups is 1. The van der Waals surface area contributed by atoms with Crippen LogP contribution in [0.4, 0.5) is 4.39 Å². The summed E-state index contributed by atoms with van der Waals surface area (Å²) in [4.78, 5) is 12.4. The highest BCUT2D eigenvalue weighted by atomic mass is 19.1. The van der Waals surface area contributed by atoms with Crippen LogP contribution in [0.2, 0.25) is 0 Å². The summed E-state index contributed by atoms with van der Waals surface area (Å²) in [7, 11) is 5.85. The molecule has 0 aliphatic carbocycles. The number of methoxy groups -OCH3 is 4. The summed E-state index contributed by atoms with van der Waals surface area (Å²) in [5.41, 5.74) is 2.38. The Morgan fingerprint density at radius 2 is 1.63 bits per heavy atom. The van der Waals surface area contributed by atoms with Gasteiger partial charge in [-0.1, -0.05) is 24.3 Å². The molecule has 202 valence electrons. The molecule has 0 radical (unpaired) electrons. The van der Waals surface area contributed by atoms with E-state index < -0.39 is 17.9 Å². The minimum absolute atomic E-state index is 0.0706. The van der Waals surface area contributed by atoms with Gasteiger partial charge in [0.2, 0.25) is 0 Å². The van der Waals surface area contributed by atoms with Gasteiger partial charge in [-0.05, 0) is 47.5 Å². The molecule has 0 amide bonds. The number of carbonyl (C=O) groups excluding carboxylic acids is 1. The molecule has 38 heavy (non-hydrogen) atoms. The predicted octanol–water partition coefficient (Wildman–Crippen LogP) is 4.09. The molecule has 0 saturated carbocycles. The van der Waals surface area contributed by atoms with Gasteiger partial charge in [0.15, 0.2) is 11.6 Å². The van der Waals surface area contributed by atoms with E-state index in [1.54, 1.807) is 56.7 Å². The second-order valence-electron chi connectivity index (χ2n) is 8.24. The first-order valence-electron chi connectivity index (χ1n) is 11.8. The number of hydrogen-bond acceptors (Lipinski definition) is 8. The number of halogens is 1. The normalized spacial score (nSPS) is 12.0. The van der Waals surface area contributed by atoms with Crippen LogP contribution in [-0.2, 0) is 16.1 Å². The van der Waals surface area contributed by atoms with Crippen LogP contribution < -0.4 is 24.3 Å². The topological polar surface area (TPSA) is 95.5 Å². The highest BCUT2D eigenvalue weighted by molar-refractivity contribution is 6.21. The Morgan fingerprint density at radius 3 is 2.29 bits per heavy atom.